The Morgan fingerprint density at radius 2 is 1.77 bits per heavy atom. The third kappa shape index (κ3) is 5.64. The summed E-state index contributed by atoms with van der Waals surface area (Å²) in [6.07, 6.45) is 4.82. The van der Waals surface area contributed by atoms with Gasteiger partial charge < -0.3 is 14.4 Å². The van der Waals surface area contributed by atoms with Crippen molar-refractivity contribution >= 4 is 68.6 Å². The number of ether oxygens (including phenoxy) is 1. The third-order valence-corrected chi connectivity index (χ3v) is 8.05. The van der Waals surface area contributed by atoms with E-state index in [9.17, 15) is 9.90 Å². The van der Waals surface area contributed by atoms with Crippen LogP contribution in [0.25, 0.3) is 17.0 Å². The summed E-state index contributed by atoms with van der Waals surface area (Å²) in [6.45, 7) is 4.64. The summed E-state index contributed by atoms with van der Waals surface area (Å²) in [5.41, 5.74) is 4.91. The van der Waals surface area contributed by atoms with Gasteiger partial charge in [-0.2, -0.15) is 0 Å². The number of nitrogens with zero attached hydrogens (tertiary/aromatic N) is 2. The fraction of sp³-hybridized carbons (Fsp3) is 0.161. The number of esters is 1. The van der Waals surface area contributed by atoms with E-state index in [2.05, 4.69) is 34.8 Å². The number of aliphatic imine (C=N–C) groups is 1. The minimum atomic E-state index is -0.618. The van der Waals surface area contributed by atoms with E-state index in [0.717, 1.165) is 28.5 Å². The van der Waals surface area contributed by atoms with E-state index in [4.69, 9.17) is 27.9 Å². The Hall–Kier alpha value is -3.45. The summed E-state index contributed by atoms with van der Waals surface area (Å²) in [4.78, 5) is 18.0. The molecule has 8 heteroatoms. The number of hydrogen-bond acceptors (Lipinski definition) is 5. The molecule has 3 aromatic carbocycles. The Bertz CT molecular complexity index is 1650. The molecule has 0 amide bonds. The van der Waals surface area contributed by atoms with Crippen molar-refractivity contribution in [3.63, 3.8) is 0 Å². The van der Waals surface area contributed by atoms with Crippen LogP contribution in [0.2, 0.25) is 10.0 Å². The zero-order chi connectivity index (χ0) is 27.5. The molecular weight excluding hydrogens is 551 g/mol. The molecule has 5 nitrogen and oxygen atoms in total. The topological polar surface area (TPSA) is 63.8 Å². The average molecular weight is 578 g/mol. The van der Waals surface area contributed by atoms with Crippen LogP contribution in [0.15, 0.2) is 94.2 Å². The molecule has 4 aromatic rings. The van der Waals surface area contributed by atoms with Gasteiger partial charge in [0.15, 0.2) is 0 Å². The van der Waals surface area contributed by atoms with Crippen molar-refractivity contribution in [3.8, 4) is 0 Å². The summed E-state index contributed by atoms with van der Waals surface area (Å²) in [7, 11) is 0. The quantitative estimate of drug-likeness (QED) is 0.223. The number of aryl methyl sites for hydroxylation is 1. The number of hydrogen-bond donors (Lipinski definition) is 1. The molecule has 0 fully saturated rings. The summed E-state index contributed by atoms with van der Waals surface area (Å²) >= 11 is 13.7. The van der Waals surface area contributed by atoms with E-state index in [1.54, 1.807) is 31.2 Å². The molecule has 0 aliphatic carbocycles. The lowest BCUT2D eigenvalue weighted by Gasteiger charge is -2.10. The normalized spacial score (nSPS) is 15.6. The first-order chi connectivity index (χ1) is 18.9. The molecule has 0 radical (unpaired) electrons. The number of aliphatic hydroxyl groups is 1. The zero-order valence-electron chi connectivity index (χ0n) is 21.4. The van der Waals surface area contributed by atoms with Crippen molar-refractivity contribution in [2.45, 2.75) is 26.8 Å². The van der Waals surface area contributed by atoms with Crippen LogP contribution in [0.5, 0.6) is 0 Å². The number of para-hydroxylation sites is 1. The van der Waals surface area contributed by atoms with Crippen molar-refractivity contribution in [2.75, 3.05) is 6.61 Å². The van der Waals surface area contributed by atoms with Crippen molar-refractivity contribution in [2.24, 2.45) is 4.99 Å². The van der Waals surface area contributed by atoms with E-state index in [0.29, 0.717) is 32.2 Å². The SMILES string of the molecule is CCOC(=O)C1=C(O)/C(=C/c2cn(Cc3ccccc3Cl)c3c(CC)cccc23)SC1=Nc1ccc(Cl)cc1. The van der Waals surface area contributed by atoms with Crippen molar-refractivity contribution < 1.29 is 14.6 Å². The molecule has 0 atom stereocenters. The van der Waals surface area contributed by atoms with Crippen molar-refractivity contribution in [1.29, 1.82) is 0 Å². The lowest BCUT2D eigenvalue weighted by Crippen LogP contribution is -2.12. The summed E-state index contributed by atoms with van der Waals surface area (Å²) < 4.78 is 7.44. The van der Waals surface area contributed by atoms with Gasteiger partial charge in [0.05, 0.1) is 22.7 Å². The Morgan fingerprint density at radius 1 is 1.03 bits per heavy atom. The second-order valence-electron chi connectivity index (χ2n) is 8.92. The molecule has 1 N–H and O–H groups in total. The van der Waals surface area contributed by atoms with E-state index in [1.165, 1.54) is 17.3 Å². The molecule has 0 saturated carbocycles. The smallest absolute Gasteiger partial charge is 0.344 e. The lowest BCUT2D eigenvalue weighted by molar-refractivity contribution is -0.138. The monoisotopic (exact) mass is 576 g/mol. The lowest BCUT2D eigenvalue weighted by atomic mass is 10.1. The number of carbonyl (C=O) groups is 1. The molecule has 2 heterocycles. The number of thioether (sulfide) groups is 1. The van der Waals surface area contributed by atoms with Gasteiger partial charge >= 0.3 is 5.97 Å². The van der Waals surface area contributed by atoms with Gasteiger partial charge in [-0.15, -0.1) is 0 Å². The van der Waals surface area contributed by atoms with Crippen LogP contribution in [0.4, 0.5) is 5.69 Å². The van der Waals surface area contributed by atoms with Gasteiger partial charge in [0, 0.05) is 33.7 Å². The maximum absolute atomic E-state index is 12.8. The zero-order valence-corrected chi connectivity index (χ0v) is 23.8. The number of aliphatic hydroxyl groups excluding tert-OH is 1. The number of aromatic nitrogens is 1. The van der Waals surface area contributed by atoms with Crippen LogP contribution in [-0.4, -0.2) is 27.3 Å². The molecule has 0 bridgehead atoms. The Morgan fingerprint density at radius 3 is 2.49 bits per heavy atom. The van der Waals surface area contributed by atoms with Gasteiger partial charge in [0.25, 0.3) is 0 Å². The third-order valence-electron chi connectivity index (χ3n) is 6.41. The highest BCUT2D eigenvalue weighted by atomic mass is 35.5. The molecular formula is C31H26Cl2N2O3S. The minimum absolute atomic E-state index is 0.0529. The summed E-state index contributed by atoms with van der Waals surface area (Å²) in [5, 5.41) is 13.9. The number of rotatable bonds is 7. The van der Waals surface area contributed by atoms with Crippen LogP contribution >= 0.6 is 35.0 Å². The molecule has 5 rings (SSSR count). The van der Waals surface area contributed by atoms with Gasteiger partial charge in [-0.05, 0) is 60.9 Å². The van der Waals surface area contributed by atoms with Crippen LogP contribution in [0, 0.1) is 0 Å². The molecule has 0 spiro atoms. The van der Waals surface area contributed by atoms with Crippen LogP contribution in [0.3, 0.4) is 0 Å². The van der Waals surface area contributed by atoms with Crippen LogP contribution < -0.4 is 0 Å². The van der Waals surface area contributed by atoms with Crippen molar-refractivity contribution in [1.82, 2.24) is 4.57 Å². The number of carbonyl (C=O) groups excluding carboxylic acids is 1. The Balaban J connectivity index is 1.62. The van der Waals surface area contributed by atoms with E-state index in [-0.39, 0.29) is 17.9 Å². The molecule has 1 aromatic heterocycles. The maximum Gasteiger partial charge on any atom is 0.344 e. The first-order valence-corrected chi connectivity index (χ1v) is 14.2. The standard InChI is InChI=1S/C31H26Cl2N2O3S/c1-3-19-9-7-10-24-21(18-35(28(19)24)17-20-8-5-6-11-25(20)33)16-26-29(36)27(31(37)38-4-2)30(39-26)34-23-14-12-22(32)13-15-23/h5-16,18,36H,3-4,17H2,1-2H3/b26-16-,34-30?. The Kier molecular flexibility index (Phi) is 8.17. The second kappa shape index (κ2) is 11.7. The second-order valence-corrected chi connectivity index (χ2v) is 10.8. The van der Waals surface area contributed by atoms with Crippen LogP contribution in [0.1, 0.15) is 30.5 Å². The average Bonchev–Trinajstić information content (AvgIpc) is 3.43. The Labute approximate surface area is 241 Å². The van der Waals surface area contributed by atoms with E-state index in [1.807, 2.05) is 36.4 Å². The van der Waals surface area contributed by atoms with E-state index >= 15 is 0 Å². The molecule has 0 unspecified atom stereocenters. The van der Waals surface area contributed by atoms with Gasteiger partial charge in [-0.25, -0.2) is 9.79 Å². The molecule has 1 aliphatic rings. The fourth-order valence-corrected chi connectivity index (χ4v) is 5.91. The fourth-order valence-electron chi connectivity index (χ4n) is 4.57. The largest absolute Gasteiger partial charge is 0.506 e. The highest BCUT2D eigenvalue weighted by Gasteiger charge is 2.33. The highest BCUT2D eigenvalue weighted by molar-refractivity contribution is 8.18. The predicted molar refractivity (Wildman–Crippen MR) is 162 cm³/mol. The molecule has 39 heavy (non-hydrogen) atoms. The minimum Gasteiger partial charge on any atom is -0.506 e. The highest BCUT2D eigenvalue weighted by Crippen LogP contribution is 2.41. The number of fused-ring (bicyclic) bond motifs is 1. The molecule has 1 aliphatic heterocycles. The maximum atomic E-state index is 12.8. The first-order valence-electron chi connectivity index (χ1n) is 12.6. The molecule has 198 valence electrons. The summed E-state index contributed by atoms with van der Waals surface area (Å²) in [6, 6.07) is 21.0. The summed E-state index contributed by atoms with van der Waals surface area (Å²) in [5.74, 6) is -0.766. The van der Waals surface area contributed by atoms with Gasteiger partial charge in [-0.1, -0.05) is 78.3 Å². The van der Waals surface area contributed by atoms with Crippen molar-refractivity contribution in [3.05, 3.63) is 116 Å². The van der Waals surface area contributed by atoms with Crippen LogP contribution in [-0.2, 0) is 22.5 Å². The van der Waals surface area contributed by atoms with Gasteiger partial charge in [0.1, 0.15) is 16.4 Å². The number of benzene rings is 3. The number of halogens is 2. The van der Waals surface area contributed by atoms with E-state index < -0.39 is 5.97 Å². The van der Waals surface area contributed by atoms with Gasteiger partial charge in [-0.3, -0.25) is 0 Å². The van der Waals surface area contributed by atoms with Gasteiger partial charge in [0.2, 0.25) is 0 Å². The predicted octanol–water partition coefficient (Wildman–Crippen LogP) is 8.75. The first kappa shape index (κ1) is 27.1. The molecule has 0 saturated heterocycles.